The highest BCUT2D eigenvalue weighted by atomic mass is 16.5. The van der Waals surface area contributed by atoms with Crippen LogP contribution in [-0.4, -0.2) is 9.72 Å². The Bertz CT molecular complexity index is 1950. The fourth-order valence-electron chi connectivity index (χ4n) is 5.08. The van der Waals surface area contributed by atoms with Gasteiger partial charge in [-0.3, -0.25) is 4.79 Å². The summed E-state index contributed by atoms with van der Waals surface area (Å²) in [5.74, 6) is 1.14. The van der Waals surface area contributed by atoms with Crippen LogP contribution in [0.25, 0.3) is 55.8 Å². The van der Waals surface area contributed by atoms with Crippen LogP contribution < -0.4 is 10.9 Å². The Morgan fingerprint density at radius 2 is 1.23 bits per heavy atom. The second-order valence-electron chi connectivity index (χ2n) is 9.35. The van der Waals surface area contributed by atoms with Gasteiger partial charge in [0.15, 0.2) is 17.1 Å². The van der Waals surface area contributed by atoms with Crippen molar-refractivity contribution in [2.24, 2.45) is 7.05 Å². The molecule has 0 aliphatic heterocycles. The molecule has 7 rings (SSSR count). The van der Waals surface area contributed by atoms with Crippen LogP contribution in [-0.2, 0) is 7.05 Å². The predicted molar refractivity (Wildman–Crippen MR) is 155 cm³/mol. The van der Waals surface area contributed by atoms with Gasteiger partial charge in [0.2, 0.25) is 0 Å². The Hall–Kier alpha value is -5.36. The average molecular weight is 510 g/mol. The molecule has 6 nitrogen and oxygen atoms in total. The van der Waals surface area contributed by atoms with Gasteiger partial charge in [-0.2, -0.15) is 0 Å². The molecule has 0 aliphatic carbocycles. The van der Waals surface area contributed by atoms with E-state index >= 15 is 0 Å². The molecule has 0 amide bonds. The third-order valence-electron chi connectivity index (χ3n) is 7.00. The number of aromatic nitrogens is 2. The molecule has 0 atom stereocenters. The molecule has 39 heavy (non-hydrogen) atoms. The number of fused-ring (bicyclic) bond motifs is 3. The highest BCUT2D eigenvalue weighted by Gasteiger charge is 2.26. The third kappa shape index (κ3) is 3.73. The van der Waals surface area contributed by atoms with Crippen molar-refractivity contribution in [1.29, 1.82) is 0 Å². The van der Waals surface area contributed by atoms with Crippen LogP contribution in [0.2, 0.25) is 0 Å². The van der Waals surface area contributed by atoms with Gasteiger partial charge < -0.3 is 18.8 Å². The summed E-state index contributed by atoms with van der Waals surface area (Å²) < 4.78 is 14.2. The van der Waals surface area contributed by atoms with Gasteiger partial charge in [0.05, 0.1) is 11.2 Å². The van der Waals surface area contributed by atoms with Gasteiger partial charge in [0, 0.05) is 29.1 Å². The number of furan rings is 1. The summed E-state index contributed by atoms with van der Waals surface area (Å²) >= 11 is 0. The van der Waals surface area contributed by atoms with Crippen LogP contribution in [0.1, 0.15) is 0 Å². The van der Waals surface area contributed by atoms with Crippen molar-refractivity contribution in [2.75, 3.05) is 5.32 Å². The highest BCUT2D eigenvalue weighted by Crippen LogP contribution is 2.45. The lowest BCUT2D eigenvalue weighted by Crippen LogP contribution is -2.17. The summed E-state index contributed by atoms with van der Waals surface area (Å²) in [6.07, 6.45) is 0. The molecule has 0 aliphatic rings. The SMILES string of the molecule is Cn1c(=O)c2c(Nc3c(-c4ccccc4)noc3-c3ccccc3)c(-c3ccccc3)oc2c2ccccc21. The maximum atomic E-state index is 13.9. The quantitative estimate of drug-likeness (QED) is 0.254. The highest BCUT2D eigenvalue weighted by molar-refractivity contribution is 6.11. The minimum absolute atomic E-state index is 0.156. The molecule has 0 unspecified atom stereocenters. The molecule has 7 aromatic rings. The summed E-state index contributed by atoms with van der Waals surface area (Å²) in [5, 5.41) is 9.37. The Morgan fingerprint density at radius 3 is 1.90 bits per heavy atom. The molecule has 6 heteroatoms. The second kappa shape index (κ2) is 9.19. The third-order valence-corrected chi connectivity index (χ3v) is 7.00. The van der Waals surface area contributed by atoms with Gasteiger partial charge in [0.1, 0.15) is 16.8 Å². The summed E-state index contributed by atoms with van der Waals surface area (Å²) in [5.41, 5.74) is 5.64. The van der Waals surface area contributed by atoms with Gasteiger partial charge in [-0.1, -0.05) is 108 Å². The first kappa shape index (κ1) is 22.8. The van der Waals surface area contributed by atoms with Crippen molar-refractivity contribution >= 4 is 33.2 Å². The molecular formula is C33H23N3O3. The van der Waals surface area contributed by atoms with E-state index in [2.05, 4.69) is 10.5 Å². The number of para-hydroxylation sites is 1. The van der Waals surface area contributed by atoms with Crippen LogP contribution in [0.4, 0.5) is 11.4 Å². The van der Waals surface area contributed by atoms with Crippen LogP contribution in [0.15, 0.2) is 129 Å². The Kier molecular flexibility index (Phi) is 5.37. The van der Waals surface area contributed by atoms with Crippen molar-refractivity contribution in [3.05, 3.63) is 126 Å². The normalized spacial score (nSPS) is 11.3. The van der Waals surface area contributed by atoms with E-state index in [0.29, 0.717) is 39.6 Å². The zero-order valence-electron chi connectivity index (χ0n) is 21.1. The Balaban J connectivity index is 1.55. The van der Waals surface area contributed by atoms with E-state index in [9.17, 15) is 4.79 Å². The lowest BCUT2D eigenvalue weighted by atomic mass is 10.1. The lowest BCUT2D eigenvalue weighted by Gasteiger charge is -2.10. The van der Waals surface area contributed by atoms with Crippen molar-refractivity contribution in [3.8, 4) is 33.9 Å². The van der Waals surface area contributed by atoms with E-state index in [0.717, 1.165) is 27.6 Å². The summed E-state index contributed by atoms with van der Waals surface area (Å²) in [4.78, 5) is 13.9. The zero-order chi connectivity index (χ0) is 26.3. The average Bonchev–Trinajstić information content (AvgIpc) is 3.60. The first-order chi connectivity index (χ1) is 19.2. The molecule has 4 aromatic carbocycles. The van der Waals surface area contributed by atoms with Gasteiger partial charge in [0.25, 0.3) is 5.56 Å². The number of nitrogens with zero attached hydrogens (tertiary/aromatic N) is 2. The minimum Gasteiger partial charge on any atom is -0.453 e. The largest absolute Gasteiger partial charge is 0.453 e. The number of anilines is 2. The molecule has 188 valence electrons. The Labute approximate surface area is 223 Å². The first-order valence-corrected chi connectivity index (χ1v) is 12.7. The van der Waals surface area contributed by atoms with Crippen LogP contribution >= 0.6 is 0 Å². The molecule has 0 spiro atoms. The van der Waals surface area contributed by atoms with Crippen LogP contribution in [0, 0.1) is 0 Å². The monoisotopic (exact) mass is 509 g/mol. The van der Waals surface area contributed by atoms with Gasteiger partial charge in [-0.25, -0.2) is 0 Å². The number of aryl methyl sites for hydroxylation is 1. The fourth-order valence-corrected chi connectivity index (χ4v) is 5.08. The molecule has 0 saturated carbocycles. The van der Waals surface area contributed by atoms with Gasteiger partial charge >= 0.3 is 0 Å². The molecule has 3 heterocycles. The lowest BCUT2D eigenvalue weighted by molar-refractivity contribution is 0.435. The van der Waals surface area contributed by atoms with E-state index in [1.165, 1.54) is 0 Å². The maximum Gasteiger partial charge on any atom is 0.264 e. The van der Waals surface area contributed by atoms with Gasteiger partial charge in [-0.15, -0.1) is 0 Å². The van der Waals surface area contributed by atoms with E-state index < -0.39 is 0 Å². The van der Waals surface area contributed by atoms with Crippen molar-refractivity contribution in [3.63, 3.8) is 0 Å². The van der Waals surface area contributed by atoms with E-state index in [-0.39, 0.29) is 5.56 Å². The van der Waals surface area contributed by atoms with Crippen LogP contribution in [0.3, 0.4) is 0 Å². The molecule has 0 bridgehead atoms. The minimum atomic E-state index is -0.156. The number of hydrogen-bond acceptors (Lipinski definition) is 5. The second-order valence-corrected chi connectivity index (χ2v) is 9.35. The molecular weight excluding hydrogens is 486 g/mol. The fraction of sp³-hybridized carbons (Fsp3) is 0.0303. The van der Waals surface area contributed by atoms with E-state index in [1.807, 2.05) is 115 Å². The van der Waals surface area contributed by atoms with Crippen LogP contribution in [0.5, 0.6) is 0 Å². The topological polar surface area (TPSA) is 73.2 Å². The molecule has 1 N–H and O–H groups in total. The first-order valence-electron chi connectivity index (χ1n) is 12.7. The summed E-state index contributed by atoms with van der Waals surface area (Å²) in [7, 11) is 1.78. The van der Waals surface area contributed by atoms with Gasteiger partial charge in [-0.05, 0) is 12.1 Å². The number of nitrogens with one attached hydrogen (secondary N) is 1. The number of rotatable bonds is 5. The number of hydrogen-bond donors (Lipinski definition) is 1. The molecule has 0 fully saturated rings. The molecule has 0 saturated heterocycles. The molecule has 3 aromatic heterocycles. The summed E-state index contributed by atoms with van der Waals surface area (Å²) in [6, 6.07) is 37.2. The number of benzene rings is 4. The van der Waals surface area contributed by atoms with Crippen molar-refractivity contribution in [2.45, 2.75) is 0 Å². The maximum absolute atomic E-state index is 13.9. The standard InChI is InChI=1S/C33H23N3O3/c1-36-25-20-12-11-19-24(25)32-26(33(36)37)28(30(38-32)22-15-7-3-8-16-22)34-29-27(21-13-5-2-6-14-21)35-39-31(29)23-17-9-4-10-18-23/h2-20,34H,1H3. The smallest absolute Gasteiger partial charge is 0.264 e. The van der Waals surface area contributed by atoms with Crippen molar-refractivity contribution in [1.82, 2.24) is 9.72 Å². The van der Waals surface area contributed by atoms with Crippen molar-refractivity contribution < 1.29 is 8.94 Å². The number of pyridine rings is 1. The van der Waals surface area contributed by atoms with E-state index in [4.69, 9.17) is 8.94 Å². The zero-order valence-corrected chi connectivity index (χ0v) is 21.1. The summed E-state index contributed by atoms with van der Waals surface area (Å²) in [6.45, 7) is 0. The predicted octanol–water partition coefficient (Wildman–Crippen LogP) is 8.02. The van der Waals surface area contributed by atoms with E-state index in [1.54, 1.807) is 11.6 Å². The molecule has 0 radical (unpaired) electrons. The Morgan fingerprint density at radius 1 is 0.667 bits per heavy atom.